The van der Waals surface area contributed by atoms with Crippen LogP contribution in [-0.2, 0) is 9.59 Å². The number of halogens is 1. The fraction of sp³-hybridized carbons (Fsp3) is 0.263. The van der Waals surface area contributed by atoms with E-state index in [2.05, 4.69) is 5.32 Å². The monoisotopic (exact) mass is 358 g/mol. The van der Waals surface area contributed by atoms with Crippen molar-refractivity contribution in [3.8, 4) is 11.5 Å². The average molecular weight is 358 g/mol. The first-order chi connectivity index (χ1) is 12.5. The Morgan fingerprint density at radius 3 is 2.54 bits per heavy atom. The molecule has 0 aromatic heterocycles. The molecule has 1 N–H and O–H groups in total. The molecule has 3 rings (SSSR count). The molecule has 1 aliphatic rings. The minimum atomic E-state index is -0.511. The van der Waals surface area contributed by atoms with Gasteiger partial charge in [0.1, 0.15) is 17.3 Å². The quantitative estimate of drug-likeness (QED) is 0.892. The van der Waals surface area contributed by atoms with E-state index in [9.17, 15) is 14.0 Å². The molecule has 1 unspecified atom stereocenters. The predicted octanol–water partition coefficient (Wildman–Crippen LogP) is 2.83. The van der Waals surface area contributed by atoms with E-state index in [0.29, 0.717) is 22.9 Å². The summed E-state index contributed by atoms with van der Waals surface area (Å²) in [4.78, 5) is 26.4. The number of rotatable bonds is 5. The lowest BCUT2D eigenvalue weighted by atomic mass is 10.1. The van der Waals surface area contributed by atoms with E-state index in [1.54, 1.807) is 18.2 Å². The molecule has 7 heteroatoms. The zero-order valence-corrected chi connectivity index (χ0v) is 14.5. The second kappa shape index (κ2) is 7.43. The molecule has 2 aromatic carbocycles. The summed E-state index contributed by atoms with van der Waals surface area (Å²) < 4.78 is 23.5. The van der Waals surface area contributed by atoms with Crippen LogP contribution in [0.15, 0.2) is 42.5 Å². The molecule has 0 saturated carbocycles. The van der Waals surface area contributed by atoms with Gasteiger partial charge in [-0.1, -0.05) is 0 Å². The third-order valence-electron chi connectivity index (χ3n) is 4.28. The molecule has 26 heavy (non-hydrogen) atoms. The average Bonchev–Trinajstić information content (AvgIpc) is 3.04. The third-order valence-corrected chi connectivity index (χ3v) is 4.28. The van der Waals surface area contributed by atoms with Gasteiger partial charge in [0.25, 0.3) is 0 Å². The number of carbonyl (C=O) groups is 2. The lowest BCUT2D eigenvalue weighted by molar-refractivity contribution is -0.122. The van der Waals surface area contributed by atoms with Gasteiger partial charge in [-0.2, -0.15) is 0 Å². The molecule has 1 heterocycles. The molecule has 0 bridgehead atoms. The molecular weight excluding hydrogens is 339 g/mol. The highest BCUT2D eigenvalue weighted by atomic mass is 19.1. The summed E-state index contributed by atoms with van der Waals surface area (Å²) in [5.74, 6) is -0.226. The zero-order chi connectivity index (χ0) is 18.7. The number of nitrogens with one attached hydrogen (secondary N) is 1. The molecule has 2 aromatic rings. The molecule has 1 fully saturated rings. The number of nitrogens with zero attached hydrogens (tertiary/aromatic N) is 1. The molecule has 0 radical (unpaired) electrons. The van der Waals surface area contributed by atoms with E-state index in [0.717, 1.165) is 0 Å². The van der Waals surface area contributed by atoms with Crippen LogP contribution in [0.2, 0.25) is 0 Å². The number of amides is 2. The van der Waals surface area contributed by atoms with Gasteiger partial charge in [-0.05, 0) is 36.4 Å². The predicted molar refractivity (Wildman–Crippen MR) is 95.0 cm³/mol. The smallest absolute Gasteiger partial charge is 0.229 e. The number of carbonyl (C=O) groups excluding carboxylic acids is 2. The van der Waals surface area contributed by atoms with E-state index in [4.69, 9.17) is 9.47 Å². The van der Waals surface area contributed by atoms with Crippen LogP contribution >= 0.6 is 0 Å². The van der Waals surface area contributed by atoms with Crippen LogP contribution in [0.4, 0.5) is 15.8 Å². The Balaban J connectivity index is 1.76. The van der Waals surface area contributed by atoms with Crippen molar-refractivity contribution in [2.75, 3.05) is 31.0 Å². The van der Waals surface area contributed by atoms with Crippen molar-refractivity contribution in [3.05, 3.63) is 48.3 Å². The maximum Gasteiger partial charge on any atom is 0.229 e. The number of benzene rings is 2. The van der Waals surface area contributed by atoms with Gasteiger partial charge in [0.2, 0.25) is 11.8 Å². The van der Waals surface area contributed by atoms with Crippen LogP contribution in [0.3, 0.4) is 0 Å². The Morgan fingerprint density at radius 2 is 1.88 bits per heavy atom. The van der Waals surface area contributed by atoms with Gasteiger partial charge in [0.05, 0.1) is 25.8 Å². The SMILES string of the molecule is COc1ccc(OC)c(N2CC(C(=O)Nc3ccc(F)cc3)CC2=O)c1. The summed E-state index contributed by atoms with van der Waals surface area (Å²) in [5, 5.41) is 2.71. The standard InChI is InChI=1S/C19H19FN2O4/c1-25-15-7-8-17(26-2)16(10-15)22-11-12(9-18(22)23)19(24)21-14-5-3-13(20)4-6-14/h3-8,10,12H,9,11H2,1-2H3,(H,21,24). The van der Waals surface area contributed by atoms with E-state index >= 15 is 0 Å². The minimum Gasteiger partial charge on any atom is -0.497 e. The van der Waals surface area contributed by atoms with E-state index < -0.39 is 5.92 Å². The number of methoxy groups -OCH3 is 2. The maximum atomic E-state index is 13.0. The Kier molecular flexibility index (Phi) is 5.06. The summed E-state index contributed by atoms with van der Waals surface area (Å²) in [6, 6.07) is 10.7. The molecule has 1 saturated heterocycles. The Bertz CT molecular complexity index is 823. The van der Waals surface area contributed by atoms with Gasteiger partial charge >= 0.3 is 0 Å². The zero-order valence-electron chi connectivity index (χ0n) is 14.5. The summed E-state index contributed by atoms with van der Waals surface area (Å²) in [5.41, 5.74) is 1.05. The second-order valence-corrected chi connectivity index (χ2v) is 5.94. The van der Waals surface area contributed by atoms with Gasteiger partial charge in [0, 0.05) is 24.7 Å². The summed E-state index contributed by atoms with van der Waals surface area (Å²) >= 11 is 0. The lowest BCUT2D eigenvalue weighted by Gasteiger charge is -2.20. The van der Waals surface area contributed by atoms with Gasteiger partial charge in [-0.3, -0.25) is 9.59 Å². The van der Waals surface area contributed by atoms with Crippen molar-refractivity contribution in [2.24, 2.45) is 5.92 Å². The van der Waals surface area contributed by atoms with Gasteiger partial charge in [-0.25, -0.2) is 4.39 Å². The summed E-state index contributed by atoms with van der Waals surface area (Å²) in [6.07, 6.45) is 0.0907. The van der Waals surface area contributed by atoms with Crippen molar-refractivity contribution in [1.29, 1.82) is 0 Å². The molecule has 136 valence electrons. The van der Waals surface area contributed by atoms with Crippen molar-refractivity contribution in [2.45, 2.75) is 6.42 Å². The molecule has 1 aliphatic heterocycles. The number of ether oxygens (including phenoxy) is 2. The van der Waals surface area contributed by atoms with Gasteiger partial charge in [-0.15, -0.1) is 0 Å². The third kappa shape index (κ3) is 3.61. The van der Waals surface area contributed by atoms with Crippen LogP contribution in [0.25, 0.3) is 0 Å². The Morgan fingerprint density at radius 1 is 1.15 bits per heavy atom. The molecular formula is C19H19FN2O4. The first kappa shape index (κ1) is 17.7. The highest BCUT2D eigenvalue weighted by molar-refractivity contribution is 6.04. The molecule has 0 spiro atoms. The highest BCUT2D eigenvalue weighted by Gasteiger charge is 2.36. The summed E-state index contributed by atoms with van der Waals surface area (Å²) in [7, 11) is 3.06. The van der Waals surface area contributed by atoms with Crippen molar-refractivity contribution < 1.29 is 23.5 Å². The molecule has 2 amide bonds. The Hall–Kier alpha value is -3.09. The van der Waals surface area contributed by atoms with Gasteiger partial charge in [0.15, 0.2) is 0 Å². The Labute approximate surface area is 150 Å². The fourth-order valence-electron chi connectivity index (χ4n) is 2.90. The van der Waals surface area contributed by atoms with Crippen LogP contribution < -0.4 is 19.7 Å². The van der Waals surface area contributed by atoms with Crippen LogP contribution in [-0.4, -0.2) is 32.6 Å². The van der Waals surface area contributed by atoms with E-state index in [1.165, 1.54) is 43.4 Å². The number of hydrogen-bond donors (Lipinski definition) is 1. The van der Waals surface area contributed by atoms with E-state index in [1.807, 2.05) is 0 Å². The van der Waals surface area contributed by atoms with Crippen molar-refractivity contribution in [1.82, 2.24) is 0 Å². The van der Waals surface area contributed by atoms with Crippen molar-refractivity contribution >= 4 is 23.2 Å². The first-order valence-corrected chi connectivity index (χ1v) is 8.10. The summed E-state index contributed by atoms with van der Waals surface area (Å²) in [6.45, 7) is 0.232. The highest BCUT2D eigenvalue weighted by Crippen LogP contribution is 2.36. The van der Waals surface area contributed by atoms with Gasteiger partial charge < -0.3 is 19.7 Å². The number of hydrogen-bond acceptors (Lipinski definition) is 4. The van der Waals surface area contributed by atoms with Crippen LogP contribution in [0, 0.1) is 11.7 Å². The molecule has 0 aliphatic carbocycles. The largest absolute Gasteiger partial charge is 0.497 e. The fourth-order valence-corrected chi connectivity index (χ4v) is 2.90. The lowest BCUT2D eigenvalue weighted by Crippen LogP contribution is -2.28. The second-order valence-electron chi connectivity index (χ2n) is 5.94. The first-order valence-electron chi connectivity index (χ1n) is 8.10. The van der Waals surface area contributed by atoms with Crippen LogP contribution in [0.1, 0.15) is 6.42 Å². The molecule has 6 nitrogen and oxygen atoms in total. The minimum absolute atomic E-state index is 0.0907. The number of anilines is 2. The van der Waals surface area contributed by atoms with E-state index in [-0.39, 0.29) is 30.6 Å². The van der Waals surface area contributed by atoms with Crippen LogP contribution in [0.5, 0.6) is 11.5 Å². The maximum absolute atomic E-state index is 13.0. The van der Waals surface area contributed by atoms with Crippen molar-refractivity contribution in [3.63, 3.8) is 0 Å². The molecule has 1 atom stereocenters. The normalized spacial score (nSPS) is 16.5. The topological polar surface area (TPSA) is 67.9 Å².